The van der Waals surface area contributed by atoms with Gasteiger partial charge in [-0.2, -0.15) is 0 Å². The minimum absolute atomic E-state index is 0.333. The summed E-state index contributed by atoms with van der Waals surface area (Å²) in [5.74, 6) is 0.688. The van der Waals surface area contributed by atoms with Gasteiger partial charge in [-0.25, -0.2) is 4.98 Å². The van der Waals surface area contributed by atoms with Gasteiger partial charge in [0.2, 0.25) is 0 Å². The van der Waals surface area contributed by atoms with Gasteiger partial charge in [-0.05, 0) is 19.2 Å². The van der Waals surface area contributed by atoms with Crippen LogP contribution in [0.15, 0.2) is 30.5 Å². The van der Waals surface area contributed by atoms with E-state index in [1.807, 2.05) is 30.1 Å². The topological polar surface area (TPSA) is 54.5 Å². The maximum Gasteiger partial charge on any atom is 0.141 e. The lowest BCUT2D eigenvalue weighted by atomic mass is 10.0. The Labute approximate surface area is 144 Å². The first kappa shape index (κ1) is 16.1. The van der Waals surface area contributed by atoms with Crippen molar-refractivity contribution in [1.82, 2.24) is 9.88 Å². The first-order chi connectivity index (χ1) is 11.1. The molecule has 5 nitrogen and oxygen atoms in total. The molecule has 7 heteroatoms. The van der Waals surface area contributed by atoms with Crippen molar-refractivity contribution in [1.29, 1.82) is 0 Å². The van der Waals surface area contributed by atoms with Crippen molar-refractivity contribution in [3.05, 3.63) is 46.2 Å². The number of hydrogen-bond donors (Lipinski definition) is 1. The third kappa shape index (κ3) is 3.27. The van der Waals surface area contributed by atoms with Crippen LogP contribution in [0.25, 0.3) is 0 Å². The average molecular weight is 352 g/mol. The van der Waals surface area contributed by atoms with E-state index < -0.39 is 6.04 Å². The summed E-state index contributed by atoms with van der Waals surface area (Å²) in [7, 11) is 1.89. The largest absolute Gasteiger partial charge is 0.492 e. The highest BCUT2D eigenvalue weighted by atomic mass is 35.5. The first-order valence-electron chi connectivity index (χ1n) is 7.09. The molecule has 1 unspecified atom stereocenters. The molecule has 1 aliphatic rings. The van der Waals surface area contributed by atoms with Gasteiger partial charge in [-0.1, -0.05) is 29.3 Å². The number of likely N-dealkylation sites (N-methyl/N-ethyl adjacent to an activating group) is 1. The van der Waals surface area contributed by atoms with Crippen molar-refractivity contribution in [2.24, 2.45) is 0 Å². The third-order valence-corrected chi connectivity index (χ3v) is 4.27. The molecule has 0 saturated heterocycles. The summed E-state index contributed by atoms with van der Waals surface area (Å²) in [4.78, 5) is 17.5. The molecule has 1 atom stereocenters. The normalized spacial score (nSPS) is 17.8. The Bertz CT molecular complexity index is 739. The van der Waals surface area contributed by atoms with Crippen molar-refractivity contribution in [2.75, 3.05) is 25.5 Å². The number of benzene rings is 1. The number of nitrogens with one attached hydrogen (secondary N) is 1. The number of aromatic nitrogens is 1. The minimum atomic E-state index is -0.396. The summed E-state index contributed by atoms with van der Waals surface area (Å²) in [6.45, 7) is 1.19. The summed E-state index contributed by atoms with van der Waals surface area (Å²) in [5, 5.41) is 4.01. The fourth-order valence-corrected chi connectivity index (χ4v) is 2.88. The molecule has 1 aromatic carbocycles. The van der Waals surface area contributed by atoms with E-state index >= 15 is 0 Å². The van der Waals surface area contributed by atoms with Gasteiger partial charge in [0.05, 0.1) is 16.8 Å². The van der Waals surface area contributed by atoms with Crippen LogP contribution < -0.4 is 10.1 Å². The molecular weight excluding hydrogens is 337 g/mol. The van der Waals surface area contributed by atoms with Crippen molar-refractivity contribution >= 4 is 40.9 Å². The van der Waals surface area contributed by atoms with Crippen LogP contribution in [0, 0.1) is 0 Å². The fraction of sp³-hybridized carbons (Fsp3) is 0.250. The number of halogens is 2. The molecule has 23 heavy (non-hydrogen) atoms. The highest BCUT2D eigenvalue weighted by molar-refractivity contribution is 6.34. The lowest BCUT2D eigenvalue weighted by Gasteiger charge is -2.23. The van der Waals surface area contributed by atoms with E-state index in [-0.39, 0.29) is 0 Å². The lowest BCUT2D eigenvalue weighted by Crippen LogP contribution is -2.27. The predicted octanol–water partition coefficient (Wildman–Crippen LogP) is 3.70. The summed E-state index contributed by atoms with van der Waals surface area (Å²) in [5.41, 5.74) is 2.15. The van der Waals surface area contributed by atoms with Crippen LogP contribution >= 0.6 is 23.2 Å². The number of hydrogen-bond acceptors (Lipinski definition) is 5. The molecule has 0 radical (unpaired) electrons. The second-order valence-corrected chi connectivity index (χ2v) is 6.03. The van der Waals surface area contributed by atoms with E-state index in [1.165, 1.54) is 6.20 Å². The van der Waals surface area contributed by atoms with Crippen LogP contribution in [0.4, 0.5) is 11.4 Å². The van der Waals surface area contributed by atoms with Gasteiger partial charge in [0, 0.05) is 30.1 Å². The van der Waals surface area contributed by atoms with E-state index in [9.17, 15) is 4.79 Å². The second-order valence-electron chi connectivity index (χ2n) is 5.24. The highest BCUT2D eigenvalue weighted by Crippen LogP contribution is 2.38. The molecular formula is C16H15Cl2N3O2. The number of pyridine rings is 1. The van der Waals surface area contributed by atoms with Gasteiger partial charge >= 0.3 is 0 Å². The lowest BCUT2D eigenvalue weighted by molar-refractivity contribution is -0.112. The van der Waals surface area contributed by atoms with Gasteiger partial charge in [0.25, 0.3) is 0 Å². The first-order valence-corrected chi connectivity index (χ1v) is 7.85. The molecule has 0 amide bonds. The van der Waals surface area contributed by atoms with Crippen molar-refractivity contribution in [3.63, 3.8) is 0 Å². The molecule has 120 valence electrons. The number of aldehydes is 1. The Morgan fingerprint density at radius 3 is 3.00 bits per heavy atom. The van der Waals surface area contributed by atoms with Crippen molar-refractivity contribution in [3.8, 4) is 5.75 Å². The molecule has 2 aromatic rings. The molecule has 3 rings (SSSR count). The molecule has 1 aromatic heterocycles. The molecule has 0 fully saturated rings. The smallest absolute Gasteiger partial charge is 0.141 e. The van der Waals surface area contributed by atoms with Gasteiger partial charge in [0.1, 0.15) is 23.8 Å². The Morgan fingerprint density at radius 2 is 2.22 bits per heavy atom. The summed E-state index contributed by atoms with van der Waals surface area (Å²) < 4.78 is 5.77. The van der Waals surface area contributed by atoms with Crippen LogP contribution in [-0.2, 0) is 4.79 Å². The van der Waals surface area contributed by atoms with E-state index in [1.54, 1.807) is 6.07 Å². The average Bonchev–Trinajstić information content (AvgIpc) is 2.69. The molecule has 0 spiro atoms. The maximum atomic E-state index is 11.6. The van der Waals surface area contributed by atoms with Crippen LogP contribution in [-0.4, -0.2) is 36.4 Å². The fourth-order valence-electron chi connectivity index (χ4n) is 2.57. The van der Waals surface area contributed by atoms with Crippen LogP contribution in [0.5, 0.6) is 5.75 Å². The van der Waals surface area contributed by atoms with Crippen molar-refractivity contribution < 1.29 is 9.53 Å². The zero-order valence-electron chi connectivity index (χ0n) is 12.4. The molecule has 1 N–H and O–H groups in total. The predicted molar refractivity (Wildman–Crippen MR) is 90.9 cm³/mol. The summed E-state index contributed by atoms with van der Waals surface area (Å²) in [6, 6.07) is 6.85. The SMILES string of the molecule is CN1CCOc2cccc(Nc3cc(Cl)ncc3Cl)c2C1C=O. The number of fused-ring (bicyclic) bond motifs is 1. The monoisotopic (exact) mass is 351 g/mol. The maximum absolute atomic E-state index is 11.6. The summed E-state index contributed by atoms with van der Waals surface area (Å²) >= 11 is 12.1. The van der Waals surface area contributed by atoms with E-state index in [2.05, 4.69) is 10.3 Å². The van der Waals surface area contributed by atoms with E-state index in [0.29, 0.717) is 34.8 Å². The molecule has 0 bridgehead atoms. The Hall–Kier alpha value is -1.82. The molecule has 0 aliphatic carbocycles. The Kier molecular flexibility index (Phi) is 4.71. The third-order valence-electron chi connectivity index (χ3n) is 3.76. The quantitative estimate of drug-likeness (QED) is 0.674. The number of anilines is 2. The molecule has 0 saturated carbocycles. The Balaban J connectivity index is 2.07. The zero-order valence-corrected chi connectivity index (χ0v) is 13.9. The molecule has 1 aliphatic heterocycles. The van der Waals surface area contributed by atoms with Crippen LogP contribution in [0.1, 0.15) is 11.6 Å². The minimum Gasteiger partial charge on any atom is -0.492 e. The number of rotatable bonds is 3. The van der Waals surface area contributed by atoms with Crippen molar-refractivity contribution in [2.45, 2.75) is 6.04 Å². The zero-order chi connectivity index (χ0) is 16.4. The van der Waals surface area contributed by atoms with Gasteiger partial charge in [-0.3, -0.25) is 4.90 Å². The molecule has 2 heterocycles. The Morgan fingerprint density at radius 1 is 1.39 bits per heavy atom. The number of nitrogens with zero attached hydrogens (tertiary/aromatic N) is 2. The number of ether oxygens (including phenoxy) is 1. The number of carbonyl (C=O) groups excluding carboxylic acids is 1. The van der Waals surface area contributed by atoms with Gasteiger partial charge in [0.15, 0.2) is 0 Å². The van der Waals surface area contributed by atoms with Gasteiger partial charge < -0.3 is 14.8 Å². The van der Waals surface area contributed by atoms with Crippen LogP contribution in [0.3, 0.4) is 0 Å². The second kappa shape index (κ2) is 6.74. The van der Waals surface area contributed by atoms with E-state index in [4.69, 9.17) is 27.9 Å². The van der Waals surface area contributed by atoms with E-state index in [0.717, 1.165) is 17.5 Å². The van der Waals surface area contributed by atoms with Gasteiger partial charge in [-0.15, -0.1) is 0 Å². The summed E-state index contributed by atoms with van der Waals surface area (Å²) in [6.07, 6.45) is 2.40. The number of carbonyl (C=O) groups is 1. The standard InChI is InChI=1S/C16H15Cl2N3O2/c1-21-5-6-23-14-4-2-3-11(16(14)13(21)9-22)20-12-7-15(18)19-8-10(12)17/h2-4,7-9,13H,5-6H2,1H3,(H,19,20). The van der Waals surface area contributed by atoms with Crippen LogP contribution in [0.2, 0.25) is 10.2 Å². The highest BCUT2D eigenvalue weighted by Gasteiger charge is 2.26.